The molecule has 1 aliphatic rings. The van der Waals surface area contributed by atoms with Crippen molar-refractivity contribution in [1.29, 1.82) is 0 Å². The van der Waals surface area contributed by atoms with Crippen molar-refractivity contribution in [2.45, 2.75) is 71.3 Å². The summed E-state index contributed by atoms with van der Waals surface area (Å²) < 4.78 is 5.37. The zero-order chi connectivity index (χ0) is 17.5. The summed E-state index contributed by atoms with van der Waals surface area (Å²) in [6, 6.07) is 0. The van der Waals surface area contributed by atoms with Gasteiger partial charge in [0.15, 0.2) is 0 Å². The fraction of sp³-hybridized carbons (Fsp3) is 0.882. The molecule has 0 bridgehead atoms. The number of likely N-dealkylation sites (tertiary alicyclic amines) is 1. The van der Waals surface area contributed by atoms with Gasteiger partial charge < -0.3 is 19.8 Å². The van der Waals surface area contributed by atoms with Gasteiger partial charge in [0.25, 0.3) is 0 Å². The zero-order valence-corrected chi connectivity index (χ0v) is 14.6. The Morgan fingerprint density at radius 3 is 2.39 bits per heavy atom. The first-order chi connectivity index (χ1) is 10.7. The Balaban J connectivity index is 2.64. The molecule has 1 rings (SSSR count). The minimum atomic E-state index is -0.867. The van der Waals surface area contributed by atoms with E-state index in [-0.39, 0.29) is 13.2 Å². The van der Waals surface area contributed by atoms with Crippen LogP contribution in [0.5, 0.6) is 0 Å². The van der Waals surface area contributed by atoms with Crippen molar-refractivity contribution in [3.05, 3.63) is 0 Å². The second-order valence-corrected chi connectivity index (χ2v) is 7.48. The molecule has 6 heteroatoms. The summed E-state index contributed by atoms with van der Waals surface area (Å²) in [5.41, 5.74) is -1.45. The molecule has 1 unspecified atom stereocenters. The quantitative estimate of drug-likeness (QED) is 0.701. The topological polar surface area (TPSA) is 87.1 Å². The van der Waals surface area contributed by atoms with Crippen LogP contribution in [0.1, 0.15) is 65.7 Å². The number of ether oxygens (including phenoxy) is 1. The third kappa shape index (κ3) is 6.37. The van der Waals surface area contributed by atoms with Crippen LogP contribution in [-0.2, 0) is 9.53 Å². The van der Waals surface area contributed by atoms with Crippen LogP contribution in [0.15, 0.2) is 0 Å². The molecule has 134 valence electrons. The summed E-state index contributed by atoms with van der Waals surface area (Å²) in [5, 5.41) is 18.5. The summed E-state index contributed by atoms with van der Waals surface area (Å²) >= 11 is 0. The number of amides is 1. The Bertz CT molecular complexity index is 404. The van der Waals surface area contributed by atoms with E-state index in [1.54, 1.807) is 20.8 Å². The number of aliphatic carboxylic acids is 1. The standard InChI is InChI=1S/C17H31NO5/c1-16(2,3)23-15(22)18-11-8-10-17(13-18,14(20)21)9-6-4-5-7-12-19/h19H,4-13H2,1-3H3,(H,20,21). The number of nitrogens with zero attached hydrogens (tertiary/aromatic N) is 1. The monoisotopic (exact) mass is 329 g/mol. The minimum absolute atomic E-state index is 0.177. The molecule has 0 aromatic rings. The van der Waals surface area contributed by atoms with Gasteiger partial charge >= 0.3 is 12.1 Å². The molecule has 2 N–H and O–H groups in total. The van der Waals surface area contributed by atoms with Gasteiger partial charge in [-0.2, -0.15) is 0 Å². The Kier molecular flexibility index (Phi) is 7.32. The number of carbonyl (C=O) groups excluding carboxylic acids is 1. The van der Waals surface area contributed by atoms with Crippen molar-refractivity contribution in [2.24, 2.45) is 5.41 Å². The number of aliphatic hydroxyl groups excluding tert-OH is 1. The van der Waals surface area contributed by atoms with Crippen molar-refractivity contribution < 1.29 is 24.5 Å². The zero-order valence-electron chi connectivity index (χ0n) is 14.6. The number of unbranched alkanes of at least 4 members (excludes halogenated alkanes) is 3. The highest BCUT2D eigenvalue weighted by Gasteiger charge is 2.43. The molecule has 23 heavy (non-hydrogen) atoms. The molecule has 0 radical (unpaired) electrons. The number of rotatable bonds is 7. The van der Waals surface area contributed by atoms with Crippen LogP contribution < -0.4 is 0 Å². The maximum absolute atomic E-state index is 12.2. The first-order valence-corrected chi connectivity index (χ1v) is 8.52. The van der Waals surface area contributed by atoms with Crippen LogP contribution in [-0.4, -0.2) is 52.5 Å². The number of piperidine rings is 1. The van der Waals surface area contributed by atoms with E-state index in [0.717, 1.165) is 25.7 Å². The molecule has 0 aromatic carbocycles. The van der Waals surface area contributed by atoms with Gasteiger partial charge in [0.2, 0.25) is 0 Å². The van der Waals surface area contributed by atoms with Crippen LogP contribution in [0.25, 0.3) is 0 Å². The number of carboxylic acids is 1. The molecule has 1 heterocycles. The number of hydrogen-bond acceptors (Lipinski definition) is 4. The fourth-order valence-electron chi connectivity index (χ4n) is 3.03. The molecule has 0 spiro atoms. The van der Waals surface area contributed by atoms with Crippen molar-refractivity contribution in [3.8, 4) is 0 Å². The second kappa shape index (κ2) is 8.52. The highest BCUT2D eigenvalue weighted by Crippen LogP contribution is 2.36. The minimum Gasteiger partial charge on any atom is -0.481 e. The molecule has 0 aliphatic carbocycles. The van der Waals surface area contributed by atoms with Crippen molar-refractivity contribution in [1.82, 2.24) is 4.90 Å². The van der Waals surface area contributed by atoms with Crippen LogP contribution >= 0.6 is 0 Å². The van der Waals surface area contributed by atoms with Gasteiger partial charge in [-0.25, -0.2) is 4.79 Å². The summed E-state index contributed by atoms with van der Waals surface area (Å²) in [6.07, 6.45) is 4.78. The summed E-state index contributed by atoms with van der Waals surface area (Å²) in [5.74, 6) is -0.826. The average Bonchev–Trinajstić information content (AvgIpc) is 2.45. The third-order valence-electron chi connectivity index (χ3n) is 4.25. The first-order valence-electron chi connectivity index (χ1n) is 8.52. The van der Waals surface area contributed by atoms with E-state index in [1.807, 2.05) is 0 Å². The molecule has 1 saturated heterocycles. The molecule has 0 aromatic heterocycles. The Hall–Kier alpha value is -1.30. The lowest BCUT2D eigenvalue weighted by atomic mass is 9.76. The number of hydrogen-bond donors (Lipinski definition) is 2. The van der Waals surface area contributed by atoms with E-state index in [1.165, 1.54) is 4.90 Å². The molecule has 1 amide bonds. The highest BCUT2D eigenvalue weighted by atomic mass is 16.6. The van der Waals surface area contributed by atoms with Crippen LogP contribution in [0, 0.1) is 5.41 Å². The van der Waals surface area contributed by atoms with E-state index < -0.39 is 23.1 Å². The number of carboxylic acid groups (broad SMARTS) is 1. The normalized spacial score (nSPS) is 22.0. The van der Waals surface area contributed by atoms with Gasteiger partial charge in [0.1, 0.15) is 5.60 Å². The van der Waals surface area contributed by atoms with Gasteiger partial charge in [-0.3, -0.25) is 4.79 Å². The molecule has 1 aliphatic heterocycles. The van der Waals surface area contributed by atoms with Gasteiger partial charge in [0, 0.05) is 19.7 Å². The maximum Gasteiger partial charge on any atom is 0.410 e. The van der Waals surface area contributed by atoms with E-state index in [9.17, 15) is 14.7 Å². The summed E-state index contributed by atoms with van der Waals surface area (Å²) in [6.45, 7) is 6.36. The van der Waals surface area contributed by atoms with Gasteiger partial charge in [-0.1, -0.05) is 19.3 Å². The van der Waals surface area contributed by atoms with E-state index >= 15 is 0 Å². The maximum atomic E-state index is 12.2. The molecule has 1 atom stereocenters. The average molecular weight is 329 g/mol. The largest absolute Gasteiger partial charge is 0.481 e. The summed E-state index contributed by atoms with van der Waals surface area (Å²) in [7, 11) is 0. The second-order valence-electron chi connectivity index (χ2n) is 7.48. The third-order valence-corrected chi connectivity index (χ3v) is 4.25. The van der Waals surface area contributed by atoms with E-state index in [2.05, 4.69) is 0 Å². The summed E-state index contributed by atoms with van der Waals surface area (Å²) in [4.78, 5) is 25.6. The molecular formula is C17H31NO5. The van der Waals surface area contributed by atoms with Crippen molar-refractivity contribution >= 4 is 12.1 Å². The van der Waals surface area contributed by atoms with Gasteiger partial charge in [-0.05, 0) is 46.5 Å². The number of aliphatic hydroxyl groups is 1. The van der Waals surface area contributed by atoms with Crippen LogP contribution in [0.3, 0.4) is 0 Å². The van der Waals surface area contributed by atoms with E-state index in [0.29, 0.717) is 25.8 Å². The van der Waals surface area contributed by atoms with Gasteiger partial charge in [-0.15, -0.1) is 0 Å². The van der Waals surface area contributed by atoms with Crippen LogP contribution in [0.4, 0.5) is 4.79 Å². The van der Waals surface area contributed by atoms with Gasteiger partial charge in [0.05, 0.1) is 5.41 Å². The predicted octanol–water partition coefficient (Wildman–Crippen LogP) is 3.03. The lowest BCUT2D eigenvalue weighted by molar-refractivity contribution is -0.153. The first kappa shape index (κ1) is 19.7. The number of carbonyl (C=O) groups is 2. The van der Waals surface area contributed by atoms with Crippen molar-refractivity contribution in [2.75, 3.05) is 19.7 Å². The lowest BCUT2D eigenvalue weighted by Crippen LogP contribution is -2.51. The lowest BCUT2D eigenvalue weighted by Gasteiger charge is -2.40. The molecule has 6 nitrogen and oxygen atoms in total. The molecule has 0 saturated carbocycles. The van der Waals surface area contributed by atoms with Crippen molar-refractivity contribution in [3.63, 3.8) is 0 Å². The Morgan fingerprint density at radius 1 is 1.17 bits per heavy atom. The Labute approximate surface area is 138 Å². The SMILES string of the molecule is CC(C)(C)OC(=O)N1CCCC(CCCCCCO)(C(=O)O)C1. The Morgan fingerprint density at radius 2 is 1.83 bits per heavy atom. The highest BCUT2D eigenvalue weighted by molar-refractivity contribution is 5.77. The fourth-order valence-corrected chi connectivity index (χ4v) is 3.03. The smallest absolute Gasteiger partial charge is 0.410 e. The van der Waals surface area contributed by atoms with E-state index in [4.69, 9.17) is 9.84 Å². The molecule has 1 fully saturated rings. The predicted molar refractivity (Wildman–Crippen MR) is 87.3 cm³/mol. The van der Waals surface area contributed by atoms with Crippen LogP contribution in [0.2, 0.25) is 0 Å². The molecular weight excluding hydrogens is 298 g/mol.